The zero-order chi connectivity index (χ0) is 13.3. The highest BCUT2D eigenvalue weighted by atomic mass is 16.5. The lowest BCUT2D eigenvalue weighted by atomic mass is 10.1. The number of benzene rings is 1. The second kappa shape index (κ2) is 7.96. The Hall–Kier alpha value is -1.34. The number of hydrogen-bond acceptors (Lipinski definition) is 3. The summed E-state index contributed by atoms with van der Waals surface area (Å²) in [6.45, 7) is 4.89. The largest absolute Gasteiger partial charge is 0.395 e. The maximum atomic E-state index is 8.72. The standard InChI is InChI=1S/C16H21NO2/c18-10-2-1-5-15-6-3-7-16(13-15)14-17-8-4-11-19-12-9-17/h3,6-7,13,18H,2,4,8-12,14H2. The predicted octanol–water partition coefficient (Wildman–Crippen LogP) is 1.64. The molecule has 0 aliphatic carbocycles. The number of rotatable bonds is 3. The summed E-state index contributed by atoms with van der Waals surface area (Å²) in [4.78, 5) is 2.42. The third kappa shape index (κ3) is 5.04. The van der Waals surface area contributed by atoms with E-state index in [-0.39, 0.29) is 6.61 Å². The molecule has 2 rings (SSSR count). The van der Waals surface area contributed by atoms with Crippen LogP contribution in [0.5, 0.6) is 0 Å². The van der Waals surface area contributed by atoms with E-state index in [2.05, 4.69) is 28.9 Å². The average Bonchev–Trinajstić information content (AvgIpc) is 2.68. The van der Waals surface area contributed by atoms with E-state index in [4.69, 9.17) is 9.84 Å². The van der Waals surface area contributed by atoms with Gasteiger partial charge < -0.3 is 9.84 Å². The zero-order valence-electron chi connectivity index (χ0n) is 11.3. The maximum Gasteiger partial charge on any atom is 0.0593 e. The monoisotopic (exact) mass is 259 g/mol. The van der Waals surface area contributed by atoms with Crippen molar-refractivity contribution in [2.24, 2.45) is 0 Å². The minimum Gasteiger partial charge on any atom is -0.395 e. The molecule has 102 valence electrons. The molecule has 0 radical (unpaired) electrons. The highest BCUT2D eigenvalue weighted by molar-refractivity contribution is 5.37. The van der Waals surface area contributed by atoms with E-state index in [9.17, 15) is 0 Å². The van der Waals surface area contributed by atoms with Crippen molar-refractivity contribution in [3.63, 3.8) is 0 Å². The van der Waals surface area contributed by atoms with E-state index in [0.717, 1.165) is 44.8 Å². The molecule has 3 heteroatoms. The first-order valence-corrected chi connectivity index (χ1v) is 6.87. The van der Waals surface area contributed by atoms with Crippen molar-refractivity contribution in [3.8, 4) is 11.8 Å². The topological polar surface area (TPSA) is 32.7 Å². The highest BCUT2D eigenvalue weighted by Gasteiger charge is 2.09. The molecule has 1 aliphatic rings. The van der Waals surface area contributed by atoms with Gasteiger partial charge in [-0.05, 0) is 24.1 Å². The summed E-state index contributed by atoms with van der Waals surface area (Å²) in [5.41, 5.74) is 2.31. The Labute approximate surface area is 115 Å². The first-order chi connectivity index (χ1) is 9.38. The van der Waals surface area contributed by atoms with Gasteiger partial charge in [0.2, 0.25) is 0 Å². The summed E-state index contributed by atoms with van der Waals surface area (Å²) < 4.78 is 5.46. The molecule has 1 aliphatic heterocycles. The molecule has 0 spiro atoms. The maximum absolute atomic E-state index is 8.72. The van der Waals surface area contributed by atoms with Crippen LogP contribution in [0.3, 0.4) is 0 Å². The minimum absolute atomic E-state index is 0.125. The molecule has 1 N–H and O–H groups in total. The van der Waals surface area contributed by atoms with Crippen molar-refractivity contribution in [1.82, 2.24) is 4.90 Å². The van der Waals surface area contributed by atoms with Crippen LogP contribution in [-0.4, -0.2) is 42.9 Å². The zero-order valence-corrected chi connectivity index (χ0v) is 11.3. The lowest BCUT2D eigenvalue weighted by molar-refractivity contribution is 0.140. The molecule has 0 bridgehead atoms. The number of aliphatic hydroxyl groups excluding tert-OH is 1. The fourth-order valence-electron chi connectivity index (χ4n) is 2.18. The molecule has 0 atom stereocenters. The van der Waals surface area contributed by atoms with Gasteiger partial charge in [-0.1, -0.05) is 24.0 Å². The number of aliphatic hydroxyl groups is 1. The number of nitrogens with zero attached hydrogens (tertiary/aromatic N) is 1. The molecule has 1 heterocycles. The predicted molar refractivity (Wildman–Crippen MR) is 75.7 cm³/mol. The van der Waals surface area contributed by atoms with Gasteiger partial charge in [-0.2, -0.15) is 0 Å². The van der Waals surface area contributed by atoms with Gasteiger partial charge in [0.1, 0.15) is 0 Å². The van der Waals surface area contributed by atoms with Crippen molar-refractivity contribution >= 4 is 0 Å². The van der Waals surface area contributed by atoms with Crippen LogP contribution in [0.1, 0.15) is 24.0 Å². The van der Waals surface area contributed by atoms with Crippen LogP contribution in [-0.2, 0) is 11.3 Å². The Balaban J connectivity index is 1.96. The van der Waals surface area contributed by atoms with Crippen molar-refractivity contribution < 1.29 is 9.84 Å². The van der Waals surface area contributed by atoms with Gasteiger partial charge in [0.25, 0.3) is 0 Å². The van der Waals surface area contributed by atoms with Gasteiger partial charge >= 0.3 is 0 Å². The van der Waals surface area contributed by atoms with Gasteiger partial charge in [0.15, 0.2) is 0 Å². The summed E-state index contributed by atoms with van der Waals surface area (Å²) in [6.07, 6.45) is 1.64. The van der Waals surface area contributed by atoms with Crippen molar-refractivity contribution in [3.05, 3.63) is 35.4 Å². The van der Waals surface area contributed by atoms with Crippen LogP contribution in [0.15, 0.2) is 24.3 Å². The molecule has 0 aromatic heterocycles. The Morgan fingerprint density at radius 1 is 1.26 bits per heavy atom. The molecule has 1 saturated heterocycles. The van der Waals surface area contributed by atoms with E-state index < -0.39 is 0 Å². The minimum atomic E-state index is 0.125. The highest BCUT2D eigenvalue weighted by Crippen LogP contribution is 2.09. The molecule has 0 unspecified atom stereocenters. The van der Waals surface area contributed by atoms with Crippen LogP contribution in [0.4, 0.5) is 0 Å². The van der Waals surface area contributed by atoms with Crippen LogP contribution in [0.2, 0.25) is 0 Å². The molecule has 3 nitrogen and oxygen atoms in total. The van der Waals surface area contributed by atoms with Crippen LogP contribution in [0.25, 0.3) is 0 Å². The summed E-state index contributed by atoms with van der Waals surface area (Å²) >= 11 is 0. The molecule has 1 fully saturated rings. The quantitative estimate of drug-likeness (QED) is 0.838. The van der Waals surface area contributed by atoms with Crippen molar-refractivity contribution in [2.75, 3.05) is 32.9 Å². The van der Waals surface area contributed by atoms with Crippen LogP contribution >= 0.6 is 0 Å². The van der Waals surface area contributed by atoms with E-state index in [1.165, 1.54) is 5.56 Å². The van der Waals surface area contributed by atoms with Crippen LogP contribution in [0, 0.1) is 11.8 Å². The SMILES string of the molecule is OCCC#Cc1cccc(CN2CCCOCC2)c1. The molecular weight excluding hydrogens is 238 g/mol. The van der Waals surface area contributed by atoms with E-state index in [1.807, 2.05) is 12.1 Å². The normalized spacial score (nSPS) is 16.5. The fraction of sp³-hybridized carbons (Fsp3) is 0.500. The Bertz CT molecular complexity index is 440. The summed E-state index contributed by atoms with van der Waals surface area (Å²) in [7, 11) is 0. The van der Waals surface area contributed by atoms with Crippen molar-refractivity contribution in [2.45, 2.75) is 19.4 Å². The van der Waals surface area contributed by atoms with Gasteiger partial charge in [-0.3, -0.25) is 4.90 Å². The second-order valence-electron chi connectivity index (χ2n) is 4.72. The fourth-order valence-corrected chi connectivity index (χ4v) is 2.18. The Morgan fingerprint density at radius 2 is 2.21 bits per heavy atom. The van der Waals surface area contributed by atoms with Gasteiger partial charge in [-0.15, -0.1) is 0 Å². The van der Waals surface area contributed by atoms with Crippen LogP contribution < -0.4 is 0 Å². The van der Waals surface area contributed by atoms with Gasteiger partial charge in [-0.25, -0.2) is 0 Å². The Kier molecular flexibility index (Phi) is 5.90. The molecular formula is C16H21NO2. The molecule has 1 aromatic rings. The summed E-state index contributed by atoms with van der Waals surface area (Å²) in [5, 5.41) is 8.72. The average molecular weight is 259 g/mol. The summed E-state index contributed by atoms with van der Waals surface area (Å²) in [5.74, 6) is 6.04. The first kappa shape index (κ1) is 14.1. The molecule has 1 aromatic carbocycles. The van der Waals surface area contributed by atoms with Crippen molar-refractivity contribution in [1.29, 1.82) is 0 Å². The second-order valence-corrected chi connectivity index (χ2v) is 4.72. The van der Waals surface area contributed by atoms with Gasteiger partial charge in [0, 0.05) is 38.2 Å². The number of ether oxygens (including phenoxy) is 1. The molecule has 0 amide bonds. The number of hydrogen-bond donors (Lipinski definition) is 1. The lowest BCUT2D eigenvalue weighted by Gasteiger charge is -2.19. The van der Waals surface area contributed by atoms with E-state index in [1.54, 1.807) is 0 Å². The third-order valence-electron chi connectivity index (χ3n) is 3.12. The smallest absolute Gasteiger partial charge is 0.0593 e. The van der Waals surface area contributed by atoms with E-state index >= 15 is 0 Å². The first-order valence-electron chi connectivity index (χ1n) is 6.87. The third-order valence-corrected chi connectivity index (χ3v) is 3.12. The lowest BCUT2D eigenvalue weighted by Crippen LogP contribution is -2.25. The Morgan fingerprint density at radius 3 is 3.11 bits per heavy atom. The van der Waals surface area contributed by atoms with Gasteiger partial charge in [0.05, 0.1) is 13.2 Å². The van der Waals surface area contributed by atoms with E-state index in [0.29, 0.717) is 6.42 Å². The molecule has 19 heavy (non-hydrogen) atoms. The molecule has 0 saturated carbocycles. The summed E-state index contributed by atoms with van der Waals surface area (Å²) in [6, 6.07) is 8.34.